The van der Waals surface area contributed by atoms with Crippen LogP contribution in [0.25, 0.3) is 0 Å². The first kappa shape index (κ1) is 14.9. The second-order valence-electron chi connectivity index (χ2n) is 6.09. The topological polar surface area (TPSA) is 34.2 Å². The number of nitrogens with one attached hydrogen (secondary N) is 1. The van der Waals surface area contributed by atoms with Crippen LogP contribution in [0.2, 0.25) is 0 Å². The lowest BCUT2D eigenvalue weighted by Crippen LogP contribution is -2.43. The van der Waals surface area contributed by atoms with Crippen molar-refractivity contribution in [2.75, 3.05) is 13.2 Å². The Morgan fingerprint density at radius 1 is 1.47 bits per heavy atom. The van der Waals surface area contributed by atoms with Crippen molar-refractivity contribution in [2.45, 2.75) is 59.6 Å². The first-order valence-corrected chi connectivity index (χ1v) is 8.02. The van der Waals surface area contributed by atoms with Gasteiger partial charge in [-0.1, -0.05) is 13.8 Å². The standard InChI is InChI=1S/C15H26N2OS/c1-10(2)16-9-15(6-7-18-13(15)5)8-14-17-11(3)12(4)19-14/h10,13,16H,6-9H2,1-5H3. The minimum Gasteiger partial charge on any atom is -0.378 e. The normalized spacial score (nSPS) is 27.4. The highest BCUT2D eigenvalue weighted by molar-refractivity contribution is 7.11. The second-order valence-corrected chi connectivity index (χ2v) is 7.37. The molecule has 1 saturated heterocycles. The van der Waals surface area contributed by atoms with E-state index in [9.17, 15) is 0 Å². The number of hydrogen-bond donors (Lipinski definition) is 1. The van der Waals surface area contributed by atoms with Gasteiger partial charge in [-0.2, -0.15) is 0 Å². The lowest BCUT2D eigenvalue weighted by molar-refractivity contribution is 0.0620. The van der Waals surface area contributed by atoms with E-state index in [1.807, 2.05) is 11.3 Å². The van der Waals surface area contributed by atoms with Crippen molar-refractivity contribution >= 4 is 11.3 Å². The Hall–Kier alpha value is -0.450. The fourth-order valence-corrected chi connectivity index (χ4v) is 3.76. The van der Waals surface area contributed by atoms with Gasteiger partial charge in [-0.15, -0.1) is 11.3 Å². The molecule has 0 amide bonds. The summed E-state index contributed by atoms with van der Waals surface area (Å²) in [6, 6.07) is 0.518. The van der Waals surface area contributed by atoms with Crippen molar-refractivity contribution in [1.82, 2.24) is 10.3 Å². The van der Waals surface area contributed by atoms with E-state index >= 15 is 0 Å². The van der Waals surface area contributed by atoms with Crippen LogP contribution in [0.4, 0.5) is 0 Å². The molecule has 0 saturated carbocycles. The Bertz CT molecular complexity index is 410. The summed E-state index contributed by atoms with van der Waals surface area (Å²) in [4.78, 5) is 6.06. The van der Waals surface area contributed by atoms with E-state index < -0.39 is 0 Å². The summed E-state index contributed by atoms with van der Waals surface area (Å²) in [5.41, 5.74) is 1.39. The molecule has 3 nitrogen and oxygen atoms in total. The van der Waals surface area contributed by atoms with Crippen LogP contribution < -0.4 is 5.32 Å². The summed E-state index contributed by atoms with van der Waals surface area (Å²) in [5.74, 6) is 0. The molecule has 2 unspecified atom stereocenters. The third kappa shape index (κ3) is 3.36. The van der Waals surface area contributed by atoms with Crippen molar-refractivity contribution in [1.29, 1.82) is 0 Å². The second kappa shape index (κ2) is 5.90. The molecule has 108 valence electrons. The predicted molar refractivity (Wildman–Crippen MR) is 80.9 cm³/mol. The minimum atomic E-state index is 0.209. The number of ether oxygens (including phenoxy) is 1. The summed E-state index contributed by atoms with van der Waals surface area (Å²) in [6.45, 7) is 12.8. The third-order valence-corrected chi connectivity index (χ3v) is 5.34. The molecule has 1 fully saturated rings. The summed E-state index contributed by atoms with van der Waals surface area (Å²) >= 11 is 1.84. The lowest BCUT2D eigenvalue weighted by atomic mass is 9.78. The quantitative estimate of drug-likeness (QED) is 0.901. The average Bonchev–Trinajstić information content (AvgIpc) is 2.82. The molecule has 2 atom stereocenters. The molecular weight excluding hydrogens is 256 g/mol. The molecule has 1 aliphatic rings. The summed E-state index contributed by atoms with van der Waals surface area (Å²) in [7, 11) is 0. The smallest absolute Gasteiger partial charge is 0.0937 e. The van der Waals surface area contributed by atoms with Gasteiger partial charge in [0, 0.05) is 35.9 Å². The number of thiazole rings is 1. The Morgan fingerprint density at radius 2 is 2.21 bits per heavy atom. The molecule has 0 spiro atoms. The largest absolute Gasteiger partial charge is 0.378 e. The van der Waals surface area contributed by atoms with Gasteiger partial charge in [0.1, 0.15) is 0 Å². The minimum absolute atomic E-state index is 0.209. The van der Waals surface area contributed by atoms with Gasteiger partial charge in [0.15, 0.2) is 0 Å². The lowest BCUT2D eigenvalue weighted by Gasteiger charge is -2.32. The maximum Gasteiger partial charge on any atom is 0.0937 e. The van der Waals surface area contributed by atoms with E-state index in [-0.39, 0.29) is 5.41 Å². The molecular formula is C15H26N2OS. The van der Waals surface area contributed by atoms with Crippen molar-refractivity contribution < 1.29 is 4.74 Å². The van der Waals surface area contributed by atoms with Crippen LogP contribution in [0.15, 0.2) is 0 Å². The van der Waals surface area contributed by atoms with Crippen LogP contribution in [0.5, 0.6) is 0 Å². The highest BCUT2D eigenvalue weighted by Gasteiger charge is 2.42. The number of aryl methyl sites for hydroxylation is 2. The third-order valence-electron chi connectivity index (χ3n) is 4.27. The number of rotatable bonds is 5. The molecule has 2 rings (SSSR count). The molecule has 1 aromatic rings. The Kier molecular flexibility index (Phi) is 4.64. The monoisotopic (exact) mass is 282 g/mol. The van der Waals surface area contributed by atoms with Gasteiger partial charge >= 0.3 is 0 Å². The number of aromatic nitrogens is 1. The van der Waals surface area contributed by atoms with Crippen molar-refractivity contribution in [2.24, 2.45) is 5.41 Å². The molecule has 0 bridgehead atoms. The molecule has 0 aliphatic carbocycles. The van der Waals surface area contributed by atoms with Gasteiger partial charge in [-0.3, -0.25) is 0 Å². The summed E-state index contributed by atoms with van der Waals surface area (Å²) < 4.78 is 5.85. The zero-order chi connectivity index (χ0) is 14.0. The number of nitrogens with zero attached hydrogens (tertiary/aromatic N) is 1. The number of hydrogen-bond acceptors (Lipinski definition) is 4. The molecule has 1 N–H and O–H groups in total. The molecule has 0 aromatic carbocycles. The molecule has 1 aliphatic heterocycles. The summed E-state index contributed by atoms with van der Waals surface area (Å²) in [6.07, 6.45) is 2.47. The average molecular weight is 282 g/mol. The fourth-order valence-electron chi connectivity index (χ4n) is 2.67. The van der Waals surface area contributed by atoms with E-state index in [1.165, 1.54) is 15.6 Å². The highest BCUT2D eigenvalue weighted by atomic mass is 32.1. The van der Waals surface area contributed by atoms with E-state index in [4.69, 9.17) is 9.72 Å². The fraction of sp³-hybridized carbons (Fsp3) is 0.800. The SMILES string of the molecule is Cc1nc(CC2(CNC(C)C)CCOC2C)sc1C. The predicted octanol–water partition coefficient (Wildman–Crippen LogP) is 3.10. The molecule has 0 radical (unpaired) electrons. The maximum atomic E-state index is 5.85. The Morgan fingerprint density at radius 3 is 2.68 bits per heavy atom. The highest BCUT2D eigenvalue weighted by Crippen LogP contribution is 2.39. The van der Waals surface area contributed by atoms with Crippen molar-refractivity contribution in [3.63, 3.8) is 0 Å². The van der Waals surface area contributed by atoms with Crippen molar-refractivity contribution in [3.8, 4) is 0 Å². The van der Waals surface area contributed by atoms with Crippen LogP contribution in [0.3, 0.4) is 0 Å². The van der Waals surface area contributed by atoms with Crippen LogP contribution in [-0.2, 0) is 11.2 Å². The van der Waals surface area contributed by atoms with Gasteiger partial charge in [0.05, 0.1) is 16.8 Å². The Balaban J connectivity index is 2.13. The van der Waals surface area contributed by atoms with Gasteiger partial charge in [-0.25, -0.2) is 4.98 Å². The zero-order valence-corrected chi connectivity index (χ0v) is 13.6. The van der Waals surface area contributed by atoms with Gasteiger partial charge in [0.25, 0.3) is 0 Å². The zero-order valence-electron chi connectivity index (χ0n) is 12.7. The van der Waals surface area contributed by atoms with Gasteiger partial charge in [-0.05, 0) is 27.2 Å². The van der Waals surface area contributed by atoms with Gasteiger partial charge < -0.3 is 10.1 Å². The van der Waals surface area contributed by atoms with Crippen LogP contribution in [0.1, 0.15) is 42.8 Å². The summed E-state index contributed by atoms with van der Waals surface area (Å²) in [5, 5.41) is 4.86. The molecule has 4 heteroatoms. The Labute approximate surface area is 120 Å². The first-order valence-electron chi connectivity index (χ1n) is 7.21. The van der Waals surface area contributed by atoms with E-state index in [2.05, 4.69) is 39.9 Å². The molecule has 1 aromatic heterocycles. The van der Waals surface area contributed by atoms with E-state index in [1.54, 1.807) is 0 Å². The van der Waals surface area contributed by atoms with E-state index in [0.717, 1.165) is 26.0 Å². The van der Waals surface area contributed by atoms with Crippen molar-refractivity contribution in [3.05, 3.63) is 15.6 Å². The van der Waals surface area contributed by atoms with Crippen LogP contribution >= 0.6 is 11.3 Å². The van der Waals surface area contributed by atoms with Gasteiger partial charge in [0.2, 0.25) is 0 Å². The van der Waals surface area contributed by atoms with Crippen LogP contribution in [-0.4, -0.2) is 30.3 Å². The molecule has 19 heavy (non-hydrogen) atoms. The molecule has 2 heterocycles. The first-order chi connectivity index (χ1) is 8.93. The van der Waals surface area contributed by atoms with E-state index in [0.29, 0.717) is 12.1 Å². The van der Waals surface area contributed by atoms with Crippen LogP contribution in [0, 0.1) is 19.3 Å². The maximum absolute atomic E-state index is 5.85.